The van der Waals surface area contributed by atoms with Gasteiger partial charge in [0, 0.05) is 10.5 Å². The third kappa shape index (κ3) is 1.36. The molecule has 2 aromatic rings. The molecule has 2 rings (SSSR count). The fourth-order valence-electron chi connectivity index (χ4n) is 1.63. The molecule has 0 unspecified atom stereocenters. The summed E-state index contributed by atoms with van der Waals surface area (Å²) in [5, 5.41) is 0. The molecule has 1 aromatic heterocycles. The van der Waals surface area contributed by atoms with Gasteiger partial charge in [0.05, 0.1) is 17.4 Å². The highest BCUT2D eigenvalue weighted by molar-refractivity contribution is 9.10. The fourth-order valence-corrected chi connectivity index (χ4v) is 1.95. The second-order valence-electron chi connectivity index (χ2n) is 3.79. The lowest BCUT2D eigenvalue weighted by Gasteiger charge is -2.08. The van der Waals surface area contributed by atoms with E-state index >= 15 is 0 Å². The van der Waals surface area contributed by atoms with Gasteiger partial charge in [0.25, 0.3) is 0 Å². The van der Waals surface area contributed by atoms with E-state index < -0.39 is 0 Å². The van der Waals surface area contributed by atoms with Crippen LogP contribution >= 0.6 is 15.9 Å². The Labute approximate surface area is 92.1 Å². The van der Waals surface area contributed by atoms with Crippen molar-refractivity contribution in [2.45, 2.75) is 26.8 Å². The maximum Gasteiger partial charge on any atom is 0.0960 e. The van der Waals surface area contributed by atoms with Crippen molar-refractivity contribution >= 4 is 27.0 Å². The second kappa shape index (κ2) is 3.39. The third-order valence-corrected chi connectivity index (χ3v) is 3.35. The molecule has 3 heteroatoms. The highest BCUT2D eigenvalue weighted by Crippen LogP contribution is 2.26. The number of fused-ring (bicyclic) bond motifs is 1. The van der Waals surface area contributed by atoms with Crippen LogP contribution in [-0.2, 0) is 0 Å². The first-order valence-corrected chi connectivity index (χ1v) is 5.52. The van der Waals surface area contributed by atoms with E-state index in [-0.39, 0.29) is 0 Å². The fraction of sp³-hybridized carbons (Fsp3) is 0.364. The van der Waals surface area contributed by atoms with Crippen LogP contribution in [0.2, 0.25) is 0 Å². The first kappa shape index (κ1) is 9.71. The van der Waals surface area contributed by atoms with Gasteiger partial charge >= 0.3 is 0 Å². The van der Waals surface area contributed by atoms with Crippen LogP contribution in [0.4, 0.5) is 0 Å². The van der Waals surface area contributed by atoms with Crippen molar-refractivity contribution in [2.75, 3.05) is 0 Å². The molecule has 0 saturated heterocycles. The molecule has 0 N–H and O–H groups in total. The highest BCUT2D eigenvalue weighted by Gasteiger charge is 2.08. The number of aromatic nitrogens is 2. The number of aryl methyl sites for hydroxylation is 1. The number of hydrogen-bond acceptors (Lipinski definition) is 1. The Morgan fingerprint density at radius 1 is 1.36 bits per heavy atom. The van der Waals surface area contributed by atoms with Crippen molar-refractivity contribution in [1.29, 1.82) is 0 Å². The van der Waals surface area contributed by atoms with Crippen molar-refractivity contribution in [3.63, 3.8) is 0 Å². The molecule has 0 aliphatic carbocycles. The highest BCUT2D eigenvalue weighted by atomic mass is 79.9. The van der Waals surface area contributed by atoms with Gasteiger partial charge in [-0.3, -0.25) is 0 Å². The van der Waals surface area contributed by atoms with E-state index in [4.69, 9.17) is 0 Å². The van der Waals surface area contributed by atoms with E-state index in [9.17, 15) is 0 Å². The summed E-state index contributed by atoms with van der Waals surface area (Å²) in [6.07, 6.45) is 1.91. The Hall–Kier alpha value is -0.830. The van der Waals surface area contributed by atoms with Gasteiger partial charge in [-0.25, -0.2) is 4.98 Å². The van der Waals surface area contributed by atoms with Crippen LogP contribution in [0, 0.1) is 6.92 Å². The quantitative estimate of drug-likeness (QED) is 0.757. The predicted octanol–water partition coefficient (Wildman–Crippen LogP) is 3.69. The third-order valence-electron chi connectivity index (χ3n) is 2.49. The van der Waals surface area contributed by atoms with Crippen LogP contribution in [0.15, 0.2) is 22.9 Å². The van der Waals surface area contributed by atoms with Gasteiger partial charge < -0.3 is 4.57 Å². The average Bonchev–Trinajstić information content (AvgIpc) is 2.55. The first-order valence-electron chi connectivity index (χ1n) is 4.73. The molecular weight excluding hydrogens is 240 g/mol. The number of imidazole rings is 1. The lowest BCUT2D eigenvalue weighted by Crippen LogP contribution is -1.97. The van der Waals surface area contributed by atoms with Crippen molar-refractivity contribution in [1.82, 2.24) is 9.55 Å². The molecule has 0 spiro atoms. The zero-order chi connectivity index (χ0) is 10.3. The normalized spacial score (nSPS) is 11.5. The molecule has 0 bridgehead atoms. The summed E-state index contributed by atoms with van der Waals surface area (Å²) in [5.41, 5.74) is 3.51. The Morgan fingerprint density at radius 3 is 2.71 bits per heavy atom. The molecule has 0 fully saturated rings. The molecular formula is C11H13BrN2. The van der Waals surface area contributed by atoms with Crippen molar-refractivity contribution in [3.8, 4) is 0 Å². The molecule has 14 heavy (non-hydrogen) atoms. The second-order valence-corrected chi connectivity index (χ2v) is 4.64. The number of benzene rings is 1. The van der Waals surface area contributed by atoms with Gasteiger partial charge in [-0.15, -0.1) is 0 Å². The largest absolute Gasteiger partial charge is 0.328 e. The number of hydrogen-bond donors (Lipinski definition) is 0. The first-order chi connectivity index (χ1) is 6.61. The van der Waals surface area contributed by atoms with E-state index in [2.05, 4.69) is 58.4 Å². The van der Waals surface area contributed by atoms with Crippen LogP contribution in [0.5, 0.6) is 0 Å². The maximum atomic E-state index is 4.43. The summed E-state index contributed by atoms with van der Waals surface area (Å²) in [7, 11) is 0. The van der Waals surface area contributed by atoms with Crippen LogP contribution in [-0.4, -0.2) is 9.55 Å². The zero-order valence-corrected chi connectivity index (χ0v) is 10.2. The lowest BCUT2D eigenvalue weighted by molar-refractivity contribution is 0.617. The zero-order valence-electron chi connectivity index (χ0n) is 8.58. The molecule has 0 aliphatic rings. The molecule has 74 valence electrons. The van der Waals surface area contributed by atoms with Crippen LogP contribution < -0.4 is 0 Å². The average molecular weight is 253 g/mol. The van der Waals surface area contributed by atoms with Crippen LogP contribution in [0.1, 0.15) is 25.5 Å². The smallest absolute Gasteiger partial charge is 0.0960 e. The summed E-state index contributed by atoms with van der Waals surface area (Å²) in [4.78, 5) is 4.43. The Balaban J connectivity index is 2.77. The Morgan fingerprint density at radius 2 is 2.07 bits per heavy atom. The topological polar surface area (TPSA) is 17.8 Å². The molecule has 0 atom stereocenters. The Kier molecular flexibility index (Phi) is 2.35. The lowest BCUT2D eigenvalue weighted by atomic mass is 10.2. The predicted molar refractivity (Wildman–Crippen MR) is 62.6 cm³/mol. The monoisotopic (exact) mass is 252 g/mol. The molecule has 1 aromatic carbocycles. The summed E-state index contributed by atoms with van der Waals surface area (Å²) >= 11 is 3.51. The molecule has 0 amide bonds. The van der Waals surface area contributed by atoms with Gasteiger partial charge in [-0.2, -0.15) is 0 Å². The standard InChI is InChI=1S/C11H13BrN2/c1-7(2)14-6-13-11-8(3)9(12)4-5-10(11)14/h4-7H,1-3H3. The minimum atomic E-state index is 0.459. The van der Waals surface area contributed by atoms with Crippen LogP contribution in [0.3, 0.4) is 0 Å². The van der Waals surface area contributed by atoms with Crippen LogP contribution in [0.25, 0.3) is 11.0 Å². The molecule has 1 heterocycles. The summed E-state index contributed by atoms with van der Waals surface area (Å²) in [5.74, 6) is 0. The maximum absolute atomic E-state index is 4.43. The Bertz CT molecular complexity index is 471. The van der Waals surface area contributed by atoms with E-state index in [1.165, 1.54) is 11.1 Å². The van der Waals surface area contributed by atoms with Gasteiger partial charge in [0.2, 0.25) is 0 Å². The van der Waals surface area contributed by atoms with E-state index in [0.29, 0.717) is 6.04 Å². The molecule has 2 nitrogen and oxygen atoms in total. The van der Waals surface area contributed by atoms with Gasteiger partial charge in [-0.05, 0) is 38.5 Å². The SMILES string of the molecule is Cc1c(Br)ccc2c1ncn2C(C)C. The van der Waals surface area contributed by atoms with Crippen molar-refractivity contribution in [2.24, 2.45) is 0 Å². The van der Waals surface area contributed by atoms with Gasteiger partial charge in [-0.1, -0.05) is 15.9 Å². The molecule has 0 radical (unpaired) electrons. The van der Waals surface area contributed by atoms with E-state index in [0.717, 1.165) is 9.99 Å². The minimum Gasteiger partial charge on any atom is -0.328 e. The number of halogens is 1. The van der Waals surface area contributed by atoms with Crippen molar-refractivity contribution in [3.05, 3.63) is 28.5 Å². The van der Waals surface area contributed by atoms with Gasteiger partial charge in [0.1, 0.15) is 0 Å². The van der Waals surface area contributed by atoms with E-state index in [1.54, 1.807) is 0 Å². The number of rotatable bonds is 1. The summed E-state index contributed by atoms with van der Waals surface area (Å²) in [6.45, 7) is 6.42. The minimum absolute atomic E-state index is 0.459. The molecule has 0 aliphatic heterocycles. The number of nitrogens with zero attached hydrogens (tertiary/aromatic N) is 2. The van der Waals surface area contributed by atoms with Gasteiger partial charge in [0.15, 0.2) is 0 Å². The van der Waals surface area contributed by atoms with E-state index in [1.807, 2.05) is 6.33 Å². The molecule has 0 saturated carbocycles. The van der Waals surface area contributed by atoms with Crippen molar-refractivity contribution < 1.29 is 0 Å². The summed E-state index contributed by atoms with van der Waals surface area (Å²) in [6, 6.07) is 4.65. The summed E-state index contributed by atoms with van der Waals surface area (Å²) < 4.78 is 3.31.